The van der Waals surface area contributed by atoms with Crippen LogP contribution < -0.4 is 4.74 Å². The molecular weight excluding hydrogens is 286 g/mol. The summed E-state index contributed by atoms with van der Waals surface area (Å²) in [7, 11) is 0. The minimum Gasteiger partial charge on any atom is -0.494 e. The highest BCUT2D eigenvalue weighted by molar-refractivity contribution is 6.20. The average molecular weight is 302 g/mol. The summed E-state index contributed by atoms with van der Waals surface area (Å²) in [6.45, 7) is 4.54. The van der Waals surface area contributed by atoms with Gasteiger partial charge in [0, 0.05) is 11.9 Å². The van der Waals surface area contributed by atoms with Crippen LogP contribution in [0.1, 0.15) is 25.0 Å². The molecule has 0 bridgehead atoms. The van der Waals surface area contributed by atoms with Crippen LogP contribution in [0.25, 0.3) is 16.7 Å². The van der Waals surface area contributed by atoms with Gasteiger partial charge in [0.1, 0.15) is 17.1 Å². The predicted molar refractivity (Wildman–Crippen MR) is 84.3 cm³/mol. The van der Waals surface area contributed by atoms with Crippen LogP contribution >= 0.6 is 11.6 Å². The summed E-state index contributed by atoms with van der Waals surface area (Å²) < 4.78 is 7.54. The molecule has 0 aliphatic carbocycles. The number of halogens is 1. The summed E-state index contributed by atoms with van der Waals surface area (Å²) in [6, 6.07) is 9.87. The Morgan fingerprint density at radius 2 is 2.00 bits per heavy atom. The maximum absolute atomic E-state index is 6.28. The summed E-state index contributed by atoms with van der Waals surface area (Å²) in [4.78, 5) is 8.70. The van der Waals surface area contributed by atoms with Crippen LogP contribution in [0.15, 0.2) is 42.7 Å². The molecule has 3 aromatic rings. The van der Waals surface area contributed by atoms with Crippen molar-refractivity contribution < 1.29 is 4.74 Å². The van der Waals surface area contributed by atoms with E-state index in [1.807, 2.05) is 44.2 Å². The average Bonchev–Trinajstić information content (AvgIpc) is 2.88. The standard InChI is InChI=1S/C16H16ClN3O/c1-3-21-13-6-4-12(5-7-13)20-15-8-9-18-10-14(15)19-16(20)11(2)17/h4-11H,3H2,1-2H3. The monoisotopic (exact) mass is 301 g/mol. The second-order valence-corrected chi connectivity index (χ2v) is 5.37. The van der Waals surface area contributed by atoms with Gasteiger partial charge in [-0.25, -0.2) is 4.98 Å². The van der Waals surface area contributed by atoms with Crippen LogP contribution in [0.2, 0.25) is 0 Å². The molecule has 21 heavy (non-hydrogen) atoms. The zero-order valence-electron chi connectivity index (χ0n) is 12.0. The van der Waals surface area contributed by atoms with Crippen molar-refractivity contribution >= 4 is 22.6 Å². The first-order valence-corrected chi connectivity index (χ1v) is 7.34. The van der Waals surface area contributed by atoms with Crippen LogP contribution in [-0.2, 0) is 0 Å². The number of alkyl halides is 1. The minimum atomic E-state index is -0.191. The van der Waals surface area contributed by atoms with E-state index in [0.29, 0.717) is 6.61 Å². The van der Waals surface area contributed by atoms with E-state index in [9.17, 15) is 0 Å². The number of aromatic nitrogens is 3. The van der Waals surface area contributed by atoms with Crippen LogP contribution in [-0.4, -0.2) is 21.1 Å². The van der Waals surface area contributed by atoms with Gasteiger partial charge in [0.05, 0.1) is 23.7 Å². The molecule has 5 heteroatoms. The number of hydrogen-bond donors (Lipinski definition) is 0. The normalized spacial score (nSPS) is 12.5. The Bertz CT molecular complexity index is 750. The largest absolute Gasteiger partial charge is 0.494 e. The molecule has 0 radical (unpaired) electrons. The molecule has 0 amide bonds. The van der Waals surface area contributed by atoms with Crippen molar-refractivity contribution in [1.29, 1.82) is 0 Å². The summed E-state index contributed by atoms with van der Waals surface area (Å²) >= 11 is 6.28. The van der Waals surface area contributed by atoms with Crippen LogP contribution in [0, 0.1) is 0 Å². The third kappa shape index (κ3) is 2.59. The number of ether oxygens (including phenoxy) is 1. The molecule has 108 valence electrons. The number of hydrogen-bond acceptors (Lipinski definition) is 3. The van der Waals surface area contributed by atoms with Crippen molar-refractivity contribution in [3.63, 3.8) is 0 Å². The number of nitrogens with zero attached hydrogens (tertiary/aromatic N) is 3. The van der Waals surface area contributed by atoms with Crippen LogP contribution in [0.5, 0.6) is 5.75 Å². The highest BCUT2D eigenvalue weighted by Crippen LogP contribution is 2.28. The second-order valence-electron chi connectivity index (χ2n) is 4.71. The van der Waals surface area contributed by atoms with Gasteiger partial charge >= 0.3 is 0 Å². The molecule has 2 aromatic heterocycles. The predicted octanol–water partition coefficient (Wildman–Crippen LogP) is 4.12. The van der Waals surface area contributed by atoms with Gasteiger partial charge in [0.25, 0.3) is 0 Å². The number of imidazole rings is 1. The maximum atomic E-state index is 6.28. The lowest BCUT2D eigenvalue weighted by Crippen LogP contribution is -2.02. The Kier molecular flexibility index (Phi) is 3.80. The van der Waals surface area contributed by atoms with Gasteiger partial charge < -0.3 is 4.74 Å². The van der Waals surface area contributed by atoms with Crippen molar-refractivity contribution in [3.05, 3.63) is 48.5 Å². The Balaban J connectivity index is 2.15. The van der Waals surface area contributed by atoms with Crippen LogP contribution in [0.3, 0.4) is 0 Å². The van der Waals surface area contributed by atoms with E-state index in [0.717, 1.165) is 28.3 Å². The van der Waals surface area contributed by atoms with Crippen molar-refractivity contribution in [2.75, 3.05) is 6.61 Å². The van der Waals surface area contributed by atoms with Gasteiger partial charge in [-0.3, -0.25) is 9.55 Å². The Labute approximate surface area is 128 Å². The van der Waals surface area contributed by atoms with E-state index in [1.165, 1.54) is 0 Å². The topological polar surface area (TPSA) is 39.9 Å². The highest BCUT2D eigenvalue weighted by atomic mass is 35.5. The summed E-state index contributed by atoms with van der Waals surface area (Å²) in [6.07, 6.45) is 3.51. The first-order valence-electron chi connectivity index (χ1n) is 6.90. The van der Waals surface area contributed by atoms with E-state index in [2.05, 4.69) is 14.5 Å². The van der Waals surface area contributed by atoms with Crippen LogP contribution in [0.4, 0.5) is 0 Å². The van der Waals surface area contributed by atoms with E-state index >= 15 is 0 Å². The second kappa shape index (κ2) is 5.74. The SMILES string of the molecule is CCOc1ccc(-n2c(C(C)Cl)nc3cnccc32)cc1. The number of rotatable bonds is 4. The van der Waals surface area contributed by atoms with Crippen molar-refractivity contribution in [1.82, 2.24) is 14.5 Å². The lowest BCUT2D eigenvalue weighted by Gasteiger charge is -2.11. The molecule has 4 nitrogen and oxygen atoms in total. The molecule has 0 N–H and O–H groups in total. The summed E-state index contributed by atoms with van der Waals surface area (Å²) in [5.74, 6) is 1.66. The third-order valence-electron chi connectivity index (χ3n) is 3.24. The van der Waals surface area contributed by atoms with Gasteiger partial charge in [-0.2, -0.15) is 0 Å². The number of benzene rings is 1. The zero-order chi connectivity index (χ0) is 14.8. The molecule has 1 unspecified atom stereocenters. The molecular formula is C16H16ClN3O. The van der Waals surface area contributed by atoms with Crippen molar-refractivity contribution in [2.45, 2.75) is 19.2 Å². The van der Waals surface area contributed by atoms with Gasteiger partial charge in [-0.1, -0.05) is 0 Å². The van der Waals surface area contributed by atoms with Gasteiger partial charge in [-0.15, -0.1) is 11.6 Å². The molecule has 0 fully saturated rings. The Morgan fingerprint density at radius 1 is 1.24 bits per heavy atom. The molecule has 1 atom stereocenters. The quantitative estimate of drug-likeness (QED) is 0.681. The Morgan fingerprint density at radius 3 is 2.67 bits per heavy atom. The molecule has 0 spiro atoms. The van der Waals surface area contributed by atoms with Crippen molar-refractivity contribution in [2.24, 2.45) is 0 Å². The first kappa shape index (κ1) is 13.9. The fraction of sp³-hybridized carbons (Fsp3) is 0.250. The fourth-order valence-electron chi connectivity index (χ4n) is 2.35. The lowest BCUT2D eigenvalue weighted by molar-refractivity contribution is 0.340. The summed E-state index contributed by atoms with van der Waals surface area (Å²) in [5.41, 5.74) is 2.85. The highest BCUT2D eigenvalue weighted by Gasteiger charge is 2.16. The van der Waals surface area contributed by atoms with Gasteiger partial charge in [-0.05, 0) is 44.2 Å². The molecule has 0 saturated carbocycles. The lowest BCUT2D eigenvalue weighted by atomic mass is 10.2. The number of fused-ring (bicyclic) bond motifs is 1. The fourth-order valence-corrected chi connectivity index (χ4v) is 2.49. The van der Waals surface area contributed by atoms with Crippen molar-refractivity contribution in [3.8, 4) is 11.4 Å². The minimum absolute atomic E-state index is 0.191. The molecule has 0 saturated heterocycles. The number of pyridine rings is 1. The molecule has 0 aliphatic rings. The van der Waals surface area contributed by atoms with Gasteiger partial charge in [0.15, 0.2) is 0 Å². The van der Waals surface area contributed by atoms with E-state index in [1.54, 1.807) is 12.4 Å². The first-order chi connectivity index (χ1) is 10.2. The molecule has 3 rings (SSSR count). The van der Waals surface area contributed by atoms with E-state index in [4.69, 9.17) is 16.3 Å². The third-order valence-corrected chi connectivity index (χ3v) is 3.44. The Hall–Kier alpha value is -2.07. The molecule has 0 aliphatic heterocycles. The van der Waals surface area contributed by atoms with E-state index in [-0.39, 0.29) is 5.38 Å². The smallest absolute Gasteiger partial charge is 0.132 e. The van der Waals surface area contributed by atoms with Gasteiger partial charge in [0.2, 0.25) is 0 Å². The zero-order valence-corrected chi connectivity index (χ0v) is 12.7. The molecule has 1 aromatic carbocycles. The summed E-state index contributed by atoms with van der Waals surface area (Å²) in [5, 5.41) is -0.191. The maximum Gasteiger partial charge on any atom is 0.132 e. The molecule has 2 heterocycles. The van der Waals surface area contributed by atoms with E-state index < -0.39 is 0 Å².